The Morgan fingerprint density at radius 2 is 2.18 bits per heavy atom. The van der Waals surface area contributed by atoms with Gasteiger partial charge >= 0.3 is 0 Å². The minimum Gasteiger partial charge on any atom is -0.487 e. The summed E-state index contributed by atoms with van der Waals surface area (Å²) in [6.07, 6.45) is 4.97. The number of hydrogen-bond donors (Lipinski definition) is 1. The van der Waals surface area contributed by atoms with Crippen LogP contribution in [0.25, 0.3) is 0 Å². The molecule has 1 aliphatic heterocycles. The lowest BCUT2D eigenvalue weighted by molar-refractivity contribution is 0.190. The van der Waals surface area contributed by atoms with E-state index in [0.29, 0.717) is 13.2 Å². The molecule has 1 atom stereocenters. The Morgan fingerprint density at radius 3 is 3.07 bits per heavy atom. The fraction of sp³-hybridized carbons (Fsp3) is 0.400. The van der Waals surface area contributed by atoms with Crippen molar-refractivity contribution in [2.45, 2.75) is 39.0 Å². The van der Waals surface area contributed by atoms with Gasteiger partial charge in [-0.2, -0.15) is 0 Å². The summed E-state index contributed by atoms with van der Waals surface area (Å²) in [6.45, 7) is 4.02. The summed E-state index contributed by atoms with van der Waals surface area (Å²) in [5.41, 5.74) is 3.10. The van der Waals surface area contributed by atoms with Crippen molar-refractivity contribution in [2.75, 3.05) is 19.0 Å². The van der Waals surface area contributed by atoms with Crippen molar-refractivity contribution < 1.29 is 9.47 Å². The Morgan fingerprint density at radius 1 is 1.29 bits per heavy atom. The summed E-state index contributed by atoms with van der Waals surface area (Å²) in [7, 11) is 1.71. The number of aromatic nitrogens is 5. The molecule has 0 aliphatic carbocycles. The first kappa shape index (κ1) is 18.4. The number of rotatable bonds is 7. The van der Waals surface area contributed by atoms with Gasteiger partial charge in [-0.15, -0.1) is 10.2 Å². The number of fused-ring (bicyclic) bond motifs is 2. The van der Waals surface area contributed by atoms with Crippen molar-refractivity contribution in [2.24, 2.45) is 0 Å². The van der Waals surface area contributed by atoms with Gasteiger partial charge in [-0.05, 0) is 25.0 Å². The Bertz CT molecular complexity index is 942. The van der Waals surface area contributed by atoms with E-state index >= 15 is 0 Å². The highest BCUT2D eigenvalue weighted by Crippen LogP contribution is 2.31. The molecule has 3 heterocycles. The maximum Gasteiger partial charge on any atom is 0.155 e. The van der Waals surface area contributed by atoms with Gasteiger partial charge in [-0.3, -0.25) is 0 Å². The van der Waals surface area contributed by atoms with E-state index in [2.05, 4.69) is 43.0 Å². The third kappa shape index (κ3) is 3.82. The van der Waals surface area contributed by atoms with Crippen molar-refractivity contribution in [3.8, 4) is 5.75 Å². The molecule has 0 unspecified atom stereocenters. The normalized spacial score (nSPS) is 13.8. The topological polar surface area (TPSA) is 87.0 Å². The molecule has 0 fully saturated rings. The zero-order valence-electron chi connectivity index (χ0n) is 16.1. The molecule has 3 aromatic rings. The zero-order chi connectivity index (χ0) is 19.3. The molecule has 0 radical (unpaired) electrons. The van der Waals surface area contributed by atoms with E-state index in [1.54, 1.807) is 19.8 Å². The van der Waals surface area contributed by atoms with E-state index in [9.17, 15) is 0 Å². The number of nitrogens with one attached hydrogen (secondary N) is 1. The number of benzene rings is 1. The van der Waals surface area contributed by atoms with Crippen LogP contribution >= 0.6 is 0 Å². The van der Waals surface area contributed by atoms with Crippen LogP contribution in [0.4, 0.5) is 5.82 Å². The van der Waals surface area contributed by atoms with Crippen LogP contribution in [0.3, 0.4) is 0 Å². The number of methoxy groups -OCH3 is 1. The Kier molecular flexibility index (Phi) is 5.48. The molecule has 1 N–H and O–H groups in total. The van der Waals surface area contributed by atoms with Crippen LogP contribution in [0.1, 0.15) is 42.0 Å². The first-order chi connectivity index (χ1) is 13.8. The van der Waals surface area contributed by atoms with Gasteiger partial charge in [0, 0.05) is 32.2 Å². The van der Waals surface area contributed by atoms with Gasteiger partial charge in [0.05, 0.1) is 11.7 Å². The molecule has 0 spiro atoms. The van der Waals surface area contributed by atoms with Gasteiger partial charge < -0.3 is 19.4 Å². The smallest absolute Gasteiger partial charge is 0.155 e. The average molecular weight is 380 g/mol. The molecular formula is C20H24N6O2. The average Bonchev–Trinajstić information content (AvgIpc) is 3.09. The van der Waals surface area contributed by atoms with Gasteiger partial charge in [0.2, 0.25) is 0 Å². The van der Waals surface area contributed by atoms with Gasteiger partial charge in [0.25, 0.3) is 0 Å². The molecule has 0 saturated heterocycles. The number of hydrogen-bond acceptors (Lipinski definition) is 7. The lowest BCUT2D eigenvalue weighted by Crippen LogP contribution is -2.17. The van der Waals surface area contributed by atoms with E-state index in [0.717, 1.165) is 53.6 Å². The van der Waals surface area contributed by atoms with Crippen molar-refractivity contribution in [1.29, 1.82) is 0 Å². The summed E-state index contributed by atoms with van der Waals surface area (Å²) in [5.74, 6) is 2.58. The molecule has 8 heteroatoms. The molecule has 146 valence electrons. The Hall–Kier alpha value is -3.00. The number of anilines is 1. The molecule has 0 saturated carbocycles. The second-order valence-electron chi connectivity index (χ2n) is 6.82. The van der Waals surface area contributed by atoms with Crippen LogP contribution < -0.4 is 10.1 Å². The maximum atomic E-state index is 5.92. The second-order valence-corrected chi connectivity index (χ2v) is 6.82. The van der Waals surface area contributed by atoms with Crippen molar-refractivity contribution >= 4 is 5.82 Å². The molecule has 0 amide bonds. The maximum absolute atomic E-state index is 5.92. The number of para-hydroxylation sites is 1. The van der Waals surface area contributed by atoms with Gasteiger partial charge in [0.15, 0.2) is 5.82 Å². The number of ether oxygens (including phenoxy) is 2. The molecule has 2 aromatic heterocycles. The molecule has 1 aromatic carbocycles. The first-order valence-corrected chi connectivity index (χ1v) is 9.43. The third-order valence-electron chi connectivity index (χ3n) is 4.87. The summed E-state index contributed by atoms with van der Waals surface area (Å²) < 4.78 is 13.1. The van der Waals surface area contributed by atoms with Gasteiger partial charge in [0.1, 0.15) is 30.8 Å². The monoisotopic (exact) mass is 380 g/mol. The number of aryl methyl sites for hydroxylation is 1. The Labute approximate surface area is 164 Å². The van der Waals surface area contributed by atoms with Crippen LogP contribution in [0.5, 0.6) is 5.75 Å². The van der Waals surface area contributed by atoms with E-state index in [1.807, 2.05) is 18.2 Å². The van der Waals surface area contributed by atoms with E-state index in [1.165, 1.54) is 0 Å². The molecule has 8 nitrogen and oxygen atoms in total. The predicted octanol–water partition coefficient (Wildman–Crippen LogP) is 2.76. The minimum atomic E-state index is -0.0524. The van der Waals surface area contributed by atoms with Crippen molar-refractivity contribution in [3.63, 3.8) is 0 Å². The summed E-state index contributed by atoms with van der Waals surface area (Å²) in [5, 5.41) is 11.9. The van der Waals surface area contributed by atoms with Gasteiger partial charge in [-0.1, -0.05) is 18.2 Å². The van der Waals surface area contributed by atoms with Crippen LogP contribution in [0.2, 0.25) is 0 Å². The van der Waals surface area contributed by atoms with E-state index in [-0.39, 0.29) is 6.04 Å². The third-order valence-corrected chi connectivity index (χ3v) is 4.87. The van der Waals surface area contributed by atoms with Crippen LogP contribution in [-0.2, 0) is 24.3 Å². The Balaban J connectivity index is 1.56. The van der Waals surface area contributed by atoms with Crippen LogP contribution in [0, 0.1) is 0 Å². The highest BCUT2D eigenvalue weighted by Gasteiger charge is 2.21. The summed E-state index contributed by atoms with van der Waals surface area (Å²) in [4.78, 5) is 8.94. The standard InChI is InChI=1S/C20H24N6O2/c1-14(20-25-23-13-26(20)8-5-9-27-2)24-19-16-10-15-6-3-4-7-18(15)28-11-17(16)21-12-22-19/h3-4,6-7,12-14H,5,8-11H2,1-2H3,(H,21,22,24)/t14-/m0/s1. The fourth-order valence-corrected chi connectivity index (χ4v) is 3.43. The summed E-state index contributed by atoms with van der Waals surface area (Å²) >= 11 is 0. The molecule has 1 aliphatic rings. The number of nitrogens with zero attached hydrogens (tertiary/aromatic N) is 5. The molecule has 28 heavy (non-hydrogen) atoms. The largest absolute Gasteiger partial charge is 0.487 e. The second kappa shape index (κ2) is 8.35. The van der Waals surface area contributed by atoms with Crippen LogP contribution in [-0.4, -0.2) is 38.4 Å². The molecule has 0 bridgehead atoms. The van der Waals surface area contributed by atoms with Gasteiger partial charge in [-0.25, -0.2) is 9.97 Å². The first-order valence-electron chi connectivity index (χ1n) is 9.43. The highest BCUT2D eigenvalue weighted by atomic mass is 16.5. The predicted molar refractivity (Wildman–Crippen MR) is 104 cm³/mol. The minimum absolute atomic E-state index is 0.0524. The molecule has 4 rings (SSSR count). The lowest BCUT2D eigenvalue weighted by Gasteiger charge is -2.18. The highest BCUT2D eigenvalue weighted by molar-refractivity contribution is 5.52. The van der Waals surface area contributed by atoms with E-state index < -0.39 is 0 Å². The lowest BCUT2D eigenvalue weighted by atomic mass is 10.0. The van der Waals surface area contributed by atoms with Crippen LogP contribution in [0.15, 0.2) is 36.9 Å². The summed E-state index contributed by atoms with van der Waals surface area (Å²) in [6, 6.07) is 8.03. The van der Waals surface area contributed by atoms with Crippen molar-refractivity contribution in [3.05, 3.63) is 59.6 Å². The molecular weight excluding hydrogens is 356 g/mol. The SMILES string of the molecule is COCCCn1cnnc1[C@H](C)Nc1ncnc2c1Cc1ccccc1OC2. The van der Waals surface area contributed by atoms with E-state index in [4.69, 9.17) is 9.47 Å². The quantitative estimate of drug-likeness (QED) is 0.631. The van der Waals surface area contributed by atoms with Crippen molar-refractivity contribution in [1.82, 2.24) is 24.7 Å². The fourth-order valence-electron chi connectivity index (χ4n) is 3.43. The zero-order valence-corrected chi connectivity index (χ0v) is 16.1.